The Kier molecular flexibility index (Phi) is 4.87. The summed E-state index contributed by atoms with van der Waals surface area (Å²) in [6.45, 7) is 0.687. The van der Waals surface area contributed by atoms with E-state index in [4.69, 9.17) is 0 Å². The molecular weight excluding hydrogens is 300 g/mol. The summed E-state index contributed by atoms with van der Waals surface area (Å²) in [6, 6.07) is 20.0. The number of benzene rings is 2. The number of fused-ring (bicyclic) bond motifs is 1. The van der Waals surface area contributed by atoms with Gasteiger partial charge < -0.3 is 10.1 Å². The molecule has 0 aliphatic heterocycles. The van der Waals surface area contributed by atoms with Gasteiger partial charge in [0.05, 0.1) is 12.6 Å². The summed E-state index contributed by atoms with van der Waals surface area (Å²) < 4.78 is 4.57. The van der Waals surface area contributed by atoms with Crippen LogP contribution in [0.2, 0.25) is 0 Å². The lowest BCUT2D eigenvalue weighted by molar-refractivity contribution is -0.134. The van der Waals surface area contributed by atoms with Gasteiger partial charge in [0.2, 0.25) is 0 Å². The smallest absolute Gasteiger partial charge is 0.330 e. The van der Waals surface area contributed by atoms with Crippen LogP contribution in [0.4, 0.5) is 5.82 Å². The number of carbonyl (C=O) groups is 1. The third kappa shape index (κ3) is 3.98. The van der Waals surface area contributed by atoms with Crippen LogP contribution < -0.4 is 5.32 Å². The van der Waals surface area contributed by atoms with Crippen LogP contribution in [0.25, 0.3) is 17.0 Å². The lowest BCUT2D eigenvalue weighted by atomic mass is 10.1. The van der Waals surface area contributed by atoms with Gasteiger partial charge in [0.1, 0.15) is 5.82 Å². The van der Waals surface area contributed by atoms with Gasteiger partial charge in [0.15, 0.2) is 0 Å². The van der Waals surface area contributed by atoms with E-state index in [1.807, 2.05) is 54.6 Å². The molecule has 1 aromatic heterocycles. The number of aromatic nitrogens is 1. The molecule has 0 spiro atoms. The minimum absolute atomic E-state index is 0.358. The van der Waals surface area contributed by atoms with Crippen LogP contribution >= 0.6 is 0 Å². The molecule has 0 fully saturated rings. The van der Waals surface area contributed by atoms with Crippen molar-refractivity contribution >= 4 is 28.8 Å². The summed E-state index contributed by atoms with van der Waals surface area (Å²) in [5.41, 5.74) is 3.07. The Hall–Kier alpha value is -3.14. The molecule has 120 valence electrons. The summed E-state index contributed by atoms with van der Waals surface area (Å²) >= 11 is 0. The lowest BCUT2D eigenvalue weighted by Crippen LogP contribution is -2.01. The highest BCUT2D eigenvalue weighted by Gasteiger charge is 1.99. The highest BCUT2D eigenvalue weighted by molar-refractivity contribution is 5.86. The van der Waals surface area contributed by atoms with Crippen molar-refractivity contribution < 1.29 is 9.53 Å². The van der Waals surface area contributed by atoms with E-state index < -0.39 is 0 Å². The standard InChI is InChI=1S/C20H18N2O2/c1-24-20(23)13-10-15-6-8-16(9-7-15)14-21-19-12-11-17-4-2-3-5-18(17)22-19/h2-13H,14H2,1H3,(H,21,22)/b13-10+. The Bertz CT molecular complexity index is 870. The van der Waals surface area contributed by atoms with E-state index in [9.17, 15) is 4.79 Å². The number of nitrogens with zero attached hydrogens (tertiary/aromatic N) is 1. The third-order valence-electron chi connectivity index (χ3n) is 3.66. The van der Waals surface area contributed by atoms with Crippen molar-refractivity contribution in [3.63, 3.8) is 0 Å². The average molecular weight is 318 g/mol. The van der Waals surface area contributed by atoms with Crippen molar-refractivity contribution in [3.8, 4) is 0 Å². The minimum atomic E-state index is -0.358. The molecule has 0 aliphatic rings. The van der Waals surface area contributed by atoms with Crippen molar-refractivity contribution in [2.45, 2.75) is 6.54 Å². The SMILES string of the molecule is COC(=O)/C=C/c1ccc(CNc2ccc3ccccc3n2)cc1. The molecule has 0 unspecified atom stereocenters. The molecule has 0 bridgehead atoms. The first kappa shape index (κ1) is 15.7. The average Bonchev–Trinajstić information content (AvgIpc) is 2.65. The molecular formula is C20H18N2O2. The number of ether oxygens (including phenoxy) is 1. The number of nitrogens with one attached hydrogen (secondary N) is 1. The third-order valence-corrected chi connectivity index (χ3v) is 3.66. The number of esters is 1. The number of para-hydroxylation sites is 1. The molecule has 4 heteroatoms. The monoisotopic (exact) mass is 318 g/mol. The van der Waals surface area contributed by atoms with E-state index >= 15 is 0 Å². The number of anilines is 1. The molecule has 0 amide bonds. The maximum Gasteiger partial charge on any atom is 0.330 e. The van der Waals surface area contributed by atoms with Crippen LogP contribution in [0.5, 0.6) is 0 Å². The summed E-state index contributed by atoms with van der Waals surface area (Å²) in [7, 11) is 1.36. The first-order valence-corrected chi connectivity index (χ1v) is 7.69. The van der Waals surface area contributed by atoms with Gasteiger partial charge in [-0.1, -0.05) is 42.5 Å². The topological polar surface area (TPSA) is 51.2 Å². The highest BCUT2D eigenvalue weighted by atomic mass is 16.5. The maximum atomic E-state index is 11.1. The minimum Gasteiger partial charge on any atom is -0.466 e. The number of pyridine rings is 1. The molecule has 0 radical (unpaired) electrons. The van der Waals surface area contributed by atoms with Gasteiger partial charge in [-0.25, -0.2) is 9.78 Å². The van der Waals surface area contributed by atoms with Crippen molar-refractivity contribution in [3.05, 3.63) is 77.9 Å². The van der Waals surface area contributed by atoms with Crippen molar-refractivity contribution in [1.82, 2.24) is 4.98 Å². The highest BCUT2D eigenvalue weighted by Crippen LogP contribution is 2.15. The molecule has 0 saturated heterocycles. The fraction of sp³-hybridized carbons (Fsp3) is 0.100. The fourth-order valence-electron chi connectivity index (χ4n) is 2.34. The number of hydrogen-bond acceptors (Lipinski definition) is 4. The molecule has 0 atom stereocenters. The predicted octanol–water partition coefficient (Wildman–Crippen LogP) is 4.03. The molecule has 3 rings (SSSR count). The first-order valence-electron chi connectivity index (χ1n) is 7.69. The molecule has 0 saturated carbocycles. The Labute approximate surface area is 140 Å². The second-order valence-corrected chi connectivity index (χ2v) is 5.34. The number of methoxy groups -OCH3 is 1. The molecule has 1 N–H and O–H groups in total. The van der Waals surface area contributed by atoms with Gasteiger partial charge in [-0.15, -0.1) is 0 Å². The van der Waals surface area contributed by atoms with Crippen LogP contribution in [0.3, 0.4) is 0 Å². The second kappa shape index (κ2) is 7.42. The summed E-state index contributed by atoms with van der Waals surface area (Å²) in [6.07, 6.45) is 3.14. The van der Waals surface area contributed by atoms with Gasteiger partial charge in [0.25, 0.3) is 0 Å². The van der Waals surface area contributed by atoms with Gasteiger partial charge in [-0.3, -0.25) is 0 Å². The van der Waals surface area contributed by atoms with Crippen molar-refractivity contribution in [2.24, 2.45) is 0 Å². The summed E-state index contributed by atoms with van der Waals surface area (Å²) in [4.78, 5) is 15.7. The second-order valence-electron chi connectivity index (χ2n) is 5.34. The van der Waals surface area contributed by atoms with E-state index in [0.717, 1.165) is 27.8 Å². The van der Waals surface area contributed by atoms with Crippen LogP contribution in [0.15, 0.2) is 66.7 Å². The predicted molar refractivity (Wildman–Crippen MR) is 96.6 cm³/mol. The molecule has 3 aromatic rings. The van der Waals surface area contributed by atoms with E-state index in [1.165, 1.54) is 13.2 Å². The molecule has 2 aromatic carbocycles. The Morgan fingerprint density at radius 1 is 1.08 bits per heavy atom. The maximum absolute atomic E-state index is 11.1. The normalized spacial score (nSPS) is 10.9. The Balaban J connectivity index is 1.63. The lowest BCUT2D eigenvalue weighted by Gasteiger charge is -2.07. The molecule has 1 heterocycles. The number of hydrogen-bond donors (Lipinski definition) is 1. The number of rotatable bonds is 5. The zero-order chi connectivity index (χ0) is 16.8. The zero-order valence-corrected chi connectivity index (χ0v) is 13.4. The Morgan fingerprint density at radius 2 is 1.88 bits per heavy atom. The Morgan fingerprint density at radius 3 is 2.67 bits per heavy atom. The van der Waals surface area contributed by atoms with E-state index in [2.05, 4.69) is 21.1 Å². The fourth-order valence-corrected chi connectivity index (χ4v) is 2.34. The van der Waals surface area contributed by atoms with Gasteiger partial charge >= 0.3 is 5.97 Å². The van der Waals surface area contributed by atoms with Crippen LogP contribution in [0, 0.1) is 0 Å². The summed E-state index contributed by atoms with van der Waals surface area (Å²) in [5.74, 6) is 0.492. The summed E-state index contributed by atoms with van der Waals surface area (Å²) in [5, 5.41) is 4.46. The van der Waals surface area contributed by atoms with E-state index in [1.54, 1.807) is 6.08 Å². The van der Waals surface area contributed by atoms with Crippen LogP contribution in [-0.4, -0.2) is 18.1 Å². The van der Waals surface area contributed by atoms with Gasteiger partial charge in [-0.05, 0) is 35.4 Å². The molecule has 4 nitrogen and oxygen atoms in total. The van der Waals surface area contributed by atoms with E-state index in [-0.39, 0.29) is 5.97 Å². The van der Waals surface area contributed by atoms with Gasteiger partial charge in [0, 0.05) is 18.0 Å². The van der Waals surface area contributed by atoms with E-state index in [0.29, 0.717) is 6.54 Å². The zero-order valence-electron chi connectivity index (χ0n) is 13.4. The van der Waals surface area contributed by atoms with Crippen molar-refractivity contribution in [2.75, 3.05) is 12.4 Å². The molecule has 0 aliphatic carbocycles. The number of carbonyl (C=O) groups excluding carboxylic acids is 1. The largest absolute Gasteiger partial charge is 0.466 e. The van der Waals surface area contributed by atoms with Gasteiger partial charge in [-0.2, -0.15) is 0 Å². The first-order chi connectivity index (χ1) is 11.7. The quantitative estimate of drug-likeness (QED) is 0.570. The molecule has 24 heavy (non-hydrogen) atoms. The van der Waals surface area contributed by atoms with Crippen LogP contribution in [-0.2, 0) is 16.1 Å². The van der Waals surface area contributed by atoms with Crippen LogP contribution in [0.1, 0.15) is 11.1 Å². The van der Waals surface area contributed by atoms with Crippen molar-refractivity contribution in [1.29, 1.82) is 0 Å².